The van der Waals surface area contributed by atoms with Gasteiger partial charge in [0, 0.05) is 35.3 Å². The van der Waals surface area contributed by atoms with E-state index in [1.54, 1.807) is 30.3 Å². The van der Waals surface area contributed by atoms with Crippen molar-refractivity contribution >= 4 is 28.9 Å². The van der Waals surface area contributed by atoms with Crippen molar-refractivity contribution in [3.05, 3.63) is 73.8 Å². The maximum atomic E-state index is 10.7. The van der Waals surface area contributed by atoms with Crippen molar-refractivity contribution in [1.82, 2.24) is 5.32 Å². The highest BCUT2D eigenvalue weighted by Gasteiger charge is 2.12. The van der Waals surface area contributed by atoms with Gasteiger partial charge in [-0.1, -0.05) is 41.4 Å². The second-order valence-electron chi connectivity index (χ2n) is 4.73. The van der Waals surface area contributed by atoms with Crippen molar-refractivity contribution in [2.24, 2.45) is 0 Å². The number of non-ortho nitro benzene ring substituents is 1. The quantitative estimate of drug-likeness (QED) is 0.620. The molecule has 7 heteroatoms. The molecule has 1 atom stereocenters. The summed E-state index contributed by atoms with van der Waals surface area (Å²) in [4.78, 5) is 10.2. The lowest BCUT2D eigenvalue weighted by Crippen LogP contribution is -2.21. The molecule has 0 amide bonds. The number of nitrogens with zero attached hydrogens (tertiary/aromatic N) is 1. The zero-order chi connectivity index (χ0) is 16.1. The van der Waals surface area contributed by atoms with Crippen LogP contribution in [0.4, 0.5) is 5.69 Å². The second-order valence-corrected chi connectivity index (χ2v) is 5.58. The van der Waals surface area contributed by atoms with Gasteiger partial charge in [0.05, 0.1) is 11.0 Å². The summed E-state index contributed by atoms with van der Waals surface area (Å²) in [7, 11) is 0. The van der Waals surface area contributed by atoms with Crippen LogP contribution in [0, 0.1) is 10.1 Å². The van der Waals surface area contributed by atoms with E-state index in [2.05, 4.69) is 5.32 Å². The third-order valence-electron chi connectivity index (χ3n) is 3.13. The maximum Gasteiger partial charge on any atom is 0.269 e. The Hall–Kier alpha value is -1.66. The lowest BCUT2D eigenvalue weighted by molar-refractivity contribution is -0.385. The van der Waals surface area contributed by atoms with Gasteiger partial charge in [-0.05, 0) is 23.3 Å². The third kappa shape index (κ3) is 4.42. The van der Waals surface area contributed by atoms with Crippen molar-refractivity contribution in [1.29, 1.82) is 0 Å². The van der Waals surface area contributed by atoms with E-state index in [0.29, 0.717) is 22.2 Å². The van der Waals surface area contributed by atoms with Crippen LogP contribution >= 0.6 is 23.2 Å². The molecular weight excluding hydrogens is 327 g/mol. The summed E-state index contributed by atoms with van der Waals surface area (Å²) in [5.74, 6) is 0. The molecule has 0 saturated heterocycles. The van der Waals surface area contributed by atoms with E-state index in [9.17, 15) is 15.2 Å². The zero-order valence-electron chi connectivity index (χ0n) is 11.5. The van der Waals surface area contributed by atoms with Crippen molar-refractivity contribution in [3.63, 3.8) is 0 Å². The minimum absolute atomic E-state index is 0.0442. The Labute approximate surface area is 137 Å². The molecule has 5 nitrogen and oxygen atoms in total. The van der Waals surface area contributed by atoms with Crippen molar-refractivity contribution < 1.29 is 10.0 Å². The number of halogens is 2. The molecule has 2 rings (SSSR count). The van der Waals surface area contributed by atoms with Crippen LogP contribution < -0.4 is 5.32 Å². The summed E-state index contributed by atoms with van der Waals surface area (Å²) in [6.07, 6.45) is -0.842. The van der Waals surface area contributed by atoms with E-state index in [1.165, 1.54) is 12.1 Å². The third-order valence-corrected chi connectivity index (χ3v) is 3.72. The van der Waals surface area contributed by atoms with Crippen LogP contribution in [0.3, 0.4) is 0 Å². The molecule has 2 aromatic carbocycles. The van der Waals surface area contributed by atoms with E-state index in [0.717, 1.165) is 5.56 Å². The summed E-state index contributed by atoms with van der Waals surface area (Å²) in [5.41, 5.74) is 1.30. The summed E-state index contributed by atoms with van der Waals surface area (Å²) in [5, 5.41) is 25.0. The highest BCUT2D eigenvalue weighted by atomic mass is 35.5. The Balaban J connectivity index is 1.94. The first-order valence-corrected chi connectivity index (χ1v) is 7.30. The zero-order valence-corrected chi connectivity index (χ0v) is 13.0. The predicted molar refractivity (Wildman–Crippen MR) is 86.2 cm³/mol. The molecule has 0 heterocycles. The van der Waals surface area contributed by atoms with E-state index >= 15 is 0 Å². The van der Waals surface area contributed by atoms with Gasteiger partial charge >= 0.3 is 0 Å². The largest absolute Gasteiger partial charge is 0.387 e. The van der Waals surface area contributed by atoms with E-state index in [4.69, 9.17) is 23.2 Å². The SMILES string of the molecule is O=[N+]([O-])c1cccc(C(O)CNCc2ccc(Cl)cc2Cl)c1. The van der Waals surface area contributed by atoms with Gasteiger partial charge in [0.15, 0.2) is 0 Å². The summed E-state index contributed by atoms with van der Waals surface area (Å²) < 4.78 is 0. The second kappa shape index (κ2) is 7.56. The van der Waals surface area contributed by atoms with Gasteiger partial charge in [-0.25, -0.2) is 0 Å². The van der Waals surface area contributed by atoms with Gasteiger partial charge in [-0.2, -0.15) is 0 Å². The van der Waals surface area contributed by atoms with Crippen LogP contribution in [0.2, 0.25) is 10.0 Å². The number of hydrogen-bond donors (Lipinski definition) is 2. The average molecular weight is 341 g/mol. The first kappa shape index (κ1) is 16.7. The molecule has 0 aromatic heterocycles. The van der Waals surface area contributed by atoms with Gasteiger partial charge in [0.1, 0.15) is 0 Å². The predicted octanol–water partition coefficient (Wildman–Crippen LogP) is 3.72. The number of aliphatic hydroxyl groups is 1. The molecule has 116 valence electrons. The normalized spacial score (nSPS) is 12.1. The molecule has 0 aliphatic carbocycles. The van der Waals surface area contributed by atoms with Gasteiger partial charge in [-0.15, -0.1) is 0 Å². The number of rotatable bonds is 6. The van der Waals surface area contributed by atoms with Crippen LogP contribution in [0.5, 0.6) is 0 Å². The minimum atomic E-state index is -0.842. The van der Waals surface area contributed by atoms with Crippen LogP contribution in [0.25, 0.3) is 0 Å². The number of nitro groups is 1. The van der Waals surface area contributed by atoms with Crippen LogP contribution in [-0.2, 0) is 6.54 Å². The molecule has 0 fully saturated rings. The summed E-state index contributed by atoms with van der Waals surface area (Å²) in [6, 6.07) is 11.1. The molecule has 0 saturated carbocycles. The van der Waals surface area contributed by atoms with Gasteiger partial charge in [0.25, 0.3) is 5.69 Å². The fourth-order valence-electron chi connectivity index (χ4n) is 1.97. The average Bonchev–Trinajstić information content (AvgIpc) is 2.49. The smallest absolute Gasteiger partial charge is 0.269 e. The Bertz CT molecular complexity index is 680. The monoisotopic (exact) mass is 340 g/mol. The van der Waals surface area contributed by atoms with Crippen molar-refractivity contribution in [2.75, 3.05) is 6.54 Å². The number of hydrogen-bond acceptors (Lipinski definition) is 4. The first-order valence-electron chi connectivity index (χ1n) is 6.54. The highest BCUT2D eigenvalue weighted by molar-refractivity contribution is 6.35. The standard InChI is InChI=1S/C15H14Cl2N2O3/c16-12-5-4-11(14(17)7-12)8-18-9-15(20)10-2-1-3-13(6-10)19(21)22/h1-7,15,18,20H,8-9H2. The molecule has 2 N–H and O–H groups in total. The molecule has 0 aliphatic rings. The lowest BCUT2D eigenvalue weighted by Gasteiger charge is -2.13. The number of nitro benzene ring substituents is 1. The molecule has 0 spiro atoms. The van der Waals surface area contributed by atoms with Gasteiger partial charge in [0.2, 0.25) is 0 Å². The Kier molecular flexibility index (Phi) is 5.74. The molecule has 1 unspecified atom stereocenters. The van der Waals surface area contributed by atoms with Crippen LogP contribution in [-0.4, -0.2) is 16.6 Å². The lowest BCUT2D eigenvalue weighted by atomic mass is 10.1. The fourth-order valence-corrected chi connectivity index (χ4v) is 2.45. The molecule has 2 aromatic rings. The van der Waals surface area contributed by atoms with E-state index in [1.807, 2.05) is 0 Å². The Morgan fingerprint density at radius 2 is 2.00 bits per heavy atom. The Morgan fingerprint density at radius 3 is 2.68 bits per heavy atom. The minimum Gasteiger partial charge on any atom is -0.387 e. The molecule has 0 radical (unpaired) electrons. The molecule has 22 heavy (non-hydrogen) atoms. The van der Waals surface area contributed by atoms with Gasteiger partial charge < -0.3 is 10.4 Å². The van der Waals surface area contributed by atoms with Gasteiger partial charge in [-0.3, -0.25) is 10.1 Å². The van der Waals surface area contributed by atoms with E-state index < -0.39 is 11.0 Å². The molecular formula is C15H14Cl2N2O3. The number of aliphatic hydroxyl groups excluding tert-OH is 1. The summed E-state index contributed by atoms with van der Waals surface area (Å²) >= 11 is 11.9. The topological polar surface area (TPSA) is 75.4 Å². The van der Waals surface area contributed by atoms with Crippen molar-refractivity contribution in [2.45, 2.75) is 12.6 Å². The first-order chi connectivity index (χ1) is 10.5. The number of nitrogens with one attached hydrogen (secondary N) is 1. The number of benzene rings is 2. The van der Waals surface area contributed by atoms with Crippen LogP contribution in [0.15, 0.2) is 42.5 Å². The maximum absolute atomic E-state index is 10.7. The highest BCUT2D eigenvalue weighted by Crippen LogP contribution is 2.21. The molecule has 0 bridgehead atoms. The van der Waals surface area contributed by atoms with E-state index in [-0.39, 0.29) is 12.2 Å². The fraction of sp³-hybridized carbons (Fsp3) is 0.200. The molecule has 0 aliphatic heterocycles. The van der Waals surface area contributed by atoms with Crippen LogP contribution in [0.1, 0.15) is 17.2 Å². The Morgan fingerprint density at radius 1 is 1.23 bits per heavy atom. The van der Waals surface area contributed by atoms with Crippen molar-refractivity contribution in [3.8, 4) is 0 Å². The summed E-state index contributed by atoms with van der Waals surface area (Å²) in [6.45, 7) is 0.710.